The van der Waals surface area contributed by atoms with Crippen molar-refractivity contribution in [1.82, 2.24) is 15.4 Å². The Morgan fingerprint density at radius 1 is 1.32 bits per heavy atom. The van der Waals surface area contributed by atoms with Gasteiger partial charge in [-0.1, -0.05) is 0 Å². The Balaban J connectivity index is 2.06. The molecule has 0 radical (unpaired) electrons. The third-order valence-electron chi connectivity index (χ3n) is 2.29. The van der Waals surface area contributed by atoms with Crippen molar-refractivity contribution in [2.45, 2.75) is 0 Å². The van der Waals surface area contributed by atoms with Crippen molar-refractivity contribution in [1.29, 1.82) is 0 Å². The molecule has 1 aromatic carbocycles. The highest BCUT2D eigenvalue weighted by atomic mass is 19.1. The van der Waals surface area contributed by atoms with E-state index in [2.05, 4.69) is 20.8 Å². The van der Waals surface area contributed by atoms with E-state index in [0.717, 1.165) is 18.5 Å². The molecule has 0 aliphatic rings. The van der Waals surface area contributed by atoms with Crippen LogP contribution in [-0.4, -0.2) is 15.9 Å². The normalized spacial score (nSPS) is 9.95. The molecule has 1 heterocycles. The molecule has 7 nitrogen and oxygen atoms in total. The first kappa shape index (κ1) is 12.6. The van der Waals surface area contributed by atoms with Gasteiger partial charge in [-0.05, 0) is 24.3 Å². The summed E-state index contributed by atoms with van der Waals surface area (Å²) in [5, 5.41) is 0. The Morgan fingerprint density at radius 3 is 2.68 bits per heavy atom. The number of benzene rings is 1. The number of nitrogens with zero attached hydrogens (tertiary/aromatic N) is 1. The molecule has 98 valence electrons. The lowest BCUT2D eigenvalue weighted by atomic mass is 10.2. The van der Waals surface area contributed by atoms with Crippen molar-refractivity contribution in [2.75, 3.05) is 11.2 Å². The van der Waals surface area contributed by atoms with E-state index in [-0.39, 0.29) is 17.1 Å². The monoisotopic (exact) mass is 263 g/mol. The van der Waals surface area contributed by atoms with Crippen LogP contribution in [0.15, 0.2) is 35.4 Å². The smallest absolute Gasteiger partial charge is 0.276 e. The molecule has 1 aromatic heterocycles. The molecule has 0 saturated heterocycles. The predicted octanol–water partition coefficient (Wildman–Crippen LogP) is 0.248. The molecule has 0 unspecified atom stereocenters. The van der Waals surface area contributed by atoms with E-state index < -0.39 is 17.3 Å². The van der Waals surface area contributed by atoms with E-state index >= 15 is 0 Å². The van der Waals surface area contributed by atoms with Crippen molar-refractivity contribution in [3.63, 3.8) is 0 Å². The van der Waals surface area contributed by atoms with Gasteiger partial charge in [0.15, 0.2) is 5.82 Å². The van der Waals surface area contributed by atoms with Gasteiger partial charge in [0.2, 0.25) is 0 Å². The van der Waals surface area contributed by atoms with E-state index in [1.54, 1.807) is 0 Å². The molecule has 19 heavy (non-hydrogen) atoms. The summed E-state index contributed by atoms with van der Waals surface area (Å²) in [5.74, 6) is -0.925. The number of hydrazine groups is 1. The molecule has 0 spiro atoms. The first-order valence-electron chi connectivity index (χ1n) is 5.23. The van der Waals surface area contributed by atoms with Gasteiger partial charge in [0.05, 0.1) is 6.33 Å². The average Bonchev–Trinajstić information content (AvgIpc) is 2.41. The number of carbonyl (C=O) groups is 1. The maximum atomic E-state index is 12.7. The second-order valence-electron chi connectivity index (χ2n) is 3.58. The van der Waals surface area contributed by atoms with Crippen molar-refractivity contribution < 1.29 is 9.18 Å². The molecular formula is C11H10FN5O2. The van der Waals surface area contributed by atoms with Gasteiger partial charge in [-0.3, -0.25) is 20.4 Å². The first-order valence-corrected chi connectivity index (χ1v) is 5.23. The Morgan fingerprint density at radius 2 is 2.00 bits per heavy atom. The summed E-state index contributed by atoms with van der Waals surface area (Å²) in [5.41, 5.74) is 9.75. The van der Waals surface area contributed by atoms with E-state index in [1.807, 2.05) is 0 Å². The van der Waals surface area contributed by atoms with Gasteiger partial charge in [0, 0.05) is 5.56 Å². The van der Waals surface area contributed by atoms with Gasteiger partial charge in [0.1, 0.15) is 11.5 Å². The predicted molar refractivity (Wildman–Crippen MR) is 66.8 cm³/mol. The second kappa shape index (κ2) is 5.17. The minimum atomic E-state index is -0.520. The third kappa shape index (κ3) is 2.86. The maximum Gasteiger partial charge on any atom is 0.276 e. The maximum absolute atomic E-state index is 12.7. The van der Waals surface area contributed by atoms with Crippen LogP contribution in [0.5, 0.6) is 0 Å². The SMILES string of the molecule is Nc1c(NNC(=O)c2ccc(F)cc2)nc[nH]c1=O. The molecule has 8 heteroatoms. The number of aromatic nitrogens is 2. The molecule has 1 amide bonds. The van der Waals surface area contributed by atoms with Crippen LogP contribution in [0, 0.1) is 5.82 Å². The summed E-state index contributed by atoms with van der Waals surface area (Å²) in [6, 6.07) is 4.96. The van der Waals surface area contributed by atoms with Crippen LogP contribution in [0.1, 0.15) is 10.4 Å². The van der Waals surface area contributed by atoms with Gasteiger partial charge in [0.25, 0.3) is 11.5 Å². The average molecular weight is 263 g/mol. The summed E-state index contributed by atoms with van der Waals surface area (Å²) in [7, 11) is 0. The van der Waals surface area contributed by atoms with Gasteiger partial charge in [-0.15, -0.1) is 0 Å². The summed E-state index contributed by atoms with van der Waals surface area (Å²) < 4.78 is 12.7. The highest BCUT2D eigenvalue weighted by Crippen LogP contribution is 2.06. The van der Waals surface area contributed by atoms with E-state index in [1.165, 1.54) is 12.1 Å². The number of nitrogens with one attached hydrogen (secondary N) is 3. The van der Waals surface area contributed by atoms with Crippen LogP contribution in [0.25, 0.3) is 0 Å². The molecule has 0 aliphatic heterocycles. The number of aromatic amines is 1. The molecule has 5 N–H and O–H groups in total. The Bertz CT molecular complexity index is 653. The highest BCUT2D eigenvalue weighted by molar-refractivity contribution is 5.94. The summed E-state index contributed by atoms with van der Waals surface area (Å²) in [6.07, 6.45) is 1.14. The molecule has 0 bridgehead atoms. The van der Waals surface area contributed by atoms with Gasteiger partial charge in [-0.2, -0.15) is 0 Å². The molecule has 0 aliphatic carbocycles. The van der Waals surface area contributed by atoms with E-state index in [0.29, 0.717) is 0 Å². The van der Waals surface area contributed by atoms with E-state index in [4.69, 9.17) is 5.73 Å². The number of carbonyl (C=O) groups excluding carboxylic acids is 1. The number of nitrogen functional groups attached to an aromatic ring is 1. The minimum Gasteiger partial charge on any atom is -0.391 e. The Kier molecular flexibility index (Phi) is 3.42. The summed E-state index contributed by atoms with van der Waals surface area (Å²) in [4.78, 5) is 28.9. The Labute approximate surface area is 106 Å². The first-order chi connectivity index (χ1) is 9.08. The van der Waals surface area contributed by atoms with Crippen LogP contribution in [0.2, 0.25) is 0 Å². The number of amides is 1. The largest absolute Gasteiger partial charge is 0.391 e. The van der Waals surface area contributed by atoms with Crippen LogP contribution in [0.4, 0.5) is 15.9 Å². The number of hydrogen-bond acceptors (Lipinski definition) is 5. The van der Waals surface area contributed by atoms with Crippen LogP contribution >= 0.6 is 0 Å². The quantitative estimate of drug-likeness (QED) is 0.593. The standard InChI is InChI=1S/C11H10FN5O2/c12-7-3-1-6(2-4-7)10(18)17-16-9-8(13)11(19)15-5-14-9/h1-5H,13H2,(H,17,18)(H2,14,15,16,19). The van der Waals surface area contributed by atoms with Crippen molar-refractivity contribution >= 4 is 17.4 Å². The lowest BCUT2D eigenvalue weighted by Gasteiger charge is -2.08. The van der Waals surface area contributed by atoms with Crippen LogP contribution in [0.3, 0.4) is 0 Å². The van der Waals surface area contributed by atoms with Crippen LogP contribution < -0.4 is 22.1 Å². The number of rotatable bonds is 3. The summed E-state index contributed by atoms with van der Waals surface area (Å²) in [6.45, 7) is 0. The molecule has 0 fully saturated rings. The second-order valence-corrected chi connectivity index (χ2v) is 3.58. The van der Waals surface area contributed by atoms with Gasteiger partial charge >= 0.3 is 0 Å². The Hall–Kier alpha value is -2.90. The molecular weight excluding hydrogens is 253 g/mol. The number of halogens is 1. The van der Waals surface area contributed by atoms with Crippen molar-refractivity contribution in [2.24, 2.45) is 0 Å². The minimum absolute atomic E-state index is 0.0270. The molecule has 0 atom stereocenters. The summed E-state index contributed by atoms with van der Waals surface area (Å²) >= 11 is 0. The number of hydrogen-bond donors (Lipinski definition) is 4. The van der Waals surface area contributed by atoms with Crippen molar-refractivity contribution in [3.05, 3.63) is 52.3 Å². The lowest BCUT2D eigenvalue weighted by Crippen LogP contribution is -2.31. The van der Waals surface area contributed by atoms with Crippen LogP contribution in [-0.2, 0) is 0 Å². The fourth-order valence-corrected chi connectivity index (χ4v) is 1.30. The fourth-order valence-electron chi connectivity index (χ4n) is 1.30. The topological polar surface area (TPSA) is 113 Å². The van der Waals surface area contributed by atoms with Gasteiger partial charge < -0.3 is 10.7 Å². The zero-order chi connectivity index (χ0) is 13.8. The molecule has 2 rings (SSSR count). The fraction of sp³-hybridized carbons (Fsp3) is 0. The zero-order valence-electron chi connectivity index (χ0n) is 9.61. The van der Waals surface area contributed by atoms with Gasteiger partial charge in [-0.25, -0.2) is 9.37 Å². The third-order valence-corrected chi connectivity index (χ3v) is 2.29. The number of nitrogens with two attached hydrogens (primary N) is 1. The number of anilines is 2. The number of H-pyrrole nitrogens is 1. The highest BCUT2D eigenvalue weighted by Gasteiger charge is 2.08. The molecule has 0 saturated carbocycles. The molecule has 2 aromatic rings. The van der Waals surface area contributed by atoms with E-state index in [9.17, 15) is 14.0 Å². The van der Waals surface area contributed by atoms with Crippen molar-refractivity contribution in [3.8, 4) is 0 Å². The zero-order valence-corrected chi connectivity index (χ0v) is 9.61. The lowest BCUT2D eigenvalue weighted by molar-refractivity contribution is 0.0962.